The Morgan fingerprint density at radius 1 is 0.951 bits per heavy atom. The fourth-order valence-electron chi connectivity index (χ4n) is 4.38. The summed E-state index contributed by atoms with van der Waals surface area (Å²) in [6, 6.07) is 21.9. The van der Waals surface area contributed by atoms with Crippen molar-refractivity contribution in [2.75, 3.05) is 31.6 Å². The number of amides is 1. The molecule has 0 atom stereocenters. The highest BCUT2D eigenvalue weighted by molar-refractivity contribution is 7.89. The Balaban J connectivity index is 1.32. The number of sulfonamides is 1. The van der Waals surface area contributed by atoms with Gasteiger partial charge in [0.05, 0.1) is 28.7 Å². The van der Waals surface area contributed by atoms with E-state index in [-0.39, 0.29) is 40.9 Å². The molecule has 2 aromatic carbocycles. The number of hydrogen-bond acceptors (Lipinski definition) is 8. The summed E-state index contributed by atoms with van der Waals surface area (Å²) in [5.74, 6) is -0.0843. The Bertz CT molecular complexity index is 1840. The number of nitrogens with one attached hydrogen (secondary N) is 2. The number of carbonyl (C=O) groups excluding carboxylic acids is 1. The van der Waals surface area contributed by atoms with E-state index in [1.165, 1.54) is 50.7 Å². The maximum Gasteiger partial charge on any atom is 0.256 e. The van der Waals surface area contributed by atoms with Gasteiger partial charge in [-0.3, -0.25) is 14.6 Å². The van der Waals surface area contributed by atoms with Crippen LogP contribution in [0.15, 0.2) is 93.9 Å². The van der Waals surface area contributed by atoms with Crippen molar-refractivity contribution in [1.82, 2.24) is 24.1 Å². The van der Waals surface area contributed by atoms with Crippen LogP contribution >= 0.6 is 11.3 Å². The van der Waals surface area contributed by atoms with Crippen molar-refractivity contribution >= 4 is 33.1 Å². The lowest BCUT2D eigenvalue weighted by atomic mass is 10.1. The van der Waals surface area contributed by atoms with E-state index in [4.69, 9.17) is 4.74 Å². The third kappa shape index (κ3) is 5.60. The van der Waals surface area contributed by atoms with Crippen LogP contribution in [-0.2, 0) is 14.8 Å². The van der Waals surface area contributed by atoms with Crippen molar-refractivity contribution in [3.63, 3.8) is 0 Å². The van der Waals surface area contributed by atoms with E-state index in [1.807, 2.05) is 47.8 Å². The van der Waals surface area contributed by atoms with Gasteiger partial charge in [0.25, 0.3) is 11.5 Å². The van der Waals surface area contributed by atoms with Crippen LogP contribution in [0.25, 0.3) is 27.8 Å². The second-order valence-corrected chi connectivity index (χ2v) is 12.0. The third-order valence-electron chi connectivity index (χ3n) is 6.45. The zero-order chi connectivity index (χ0) is 28.4. The van der Waals surface area contributed by atoms with Gasteiger partial charge in [-0.25, -0.2) is 13.4 Å². The number of aromatic nitrogens is 4. The van der Waals surface area contributed by atoms with Gasteiger partial charge in [0, 0.05) is 36.3 Å². The molecule has 0 radical (unpaired) electrons. The second kappa shape index (κ2) is 11.2. The molecule has 0 saturated carbocycles. The van der Waals surface area contributed by atoms with E-state index < -0.39 is 15.9 Å². The van der Waals surface area contributed by atoms with Gasteiger partial charge >= 0.3 is 0 Å². The van der Waals surface area contributed by atoms with E-state index in [9.17, 15) is 18.0 Å². The van der Waals surface area contributed by atoms with Gasteiger partial charge in [0.15, 0.2) is 0 Å². The summed E-state index contributed by atoms with van der Waals surface area (Å²) in [6.07, 6.45) is 0. The maximum absolute atomic E-state index is 13.3. The van der Waals surface area contributed by atoms with Crippen LogP contribution in [0.5, 0.6) is 0 Å². The van der Waals surface area contributed by atoms with Gasteiger partial charge < -0.3 is 10.1 Å². The molecule has 1 aliphatic rings. The molecule has 2 N–H and O–H groups in total. The lowest BCUT2D eigenvalue weighted by Gasteiger charge is -2.26. The number of hydrogen-bond donors (Lipinski definition) is 2. The summed E-state index contributed by atoms with van der Waals surface area (Å²) in [4.78, 5) is 34.2. The van der Waals surface area contributed by atoms with Crippen LogP contribution in [0, 0.1) is 0 Å². The average Bonchev–Trinajstić information content (AvgIpc) is 3.69. The number of H-pyrrole nitrogens is 1. The van der Waals surface area contributed by atoms with Crippen molar-refractivity contribution < 1.29 is 17.9 Å². The molecule has 13 heteroatoms. The normalized spacial score (nSPS) is 14.1. The highest BCUT2D eigenvalue weighted by Crippen LogP contribution is 2.28. The Hall–Kier alpha value is -4.43. The number of carbonyl (C=O) groups is 1. The summed E-state index contributed by atoms with van der Waals surface area (Å²) in [5.41, 5.74) is 1.65. The van der Waals surface area contributed by atoms with Crippen LogP contribution in [-0.4, -0.2) is 64.7 Å². The second-order valence-electron chi connectivity index (χ2n) is 9.12. The van der Waals surface area contributed by atoms with E-state index in [1.54, 1.807) is 6.07 Å². The van der Waals surface area contributed by atoms with E-state index >= 15 is 0 Å². The Morgan fingerprint density at radius 2 is 1.71 bits per heavy atom. The molecule has 0 spiro atoms. The van der Waals surface area contributed by atoms with Gasteiger partial charge in [-0.1, -0.05) is 36.4 Å². The predicted molar refractivity (Wildman–Crippen MR) is 155 cm³/mol. The smallest absolute Gasteiger partial charge is 0.256 e. The minimum atomic E-state index is -3.69. The molecule has 5 aromatic rings. The first-order chi connectivity index (χ1) is 19.9. The van der Waals surface area contributed by atoms with E-state index in [2.05, 4.69) is 20.4 Å². The van der Waals surface area contributed by atoms with Gasteiger partial charge in [-0.2, -0.15) is 14.1 Å². The first-order valence-electron chi connectivity index (χ1n) is 12.7. The fourth-order valence-corrected chi connectivity index (χ4v) is 6.47. The molecule has 41 heavy (non-hydrogen) atoms. The highest BCUT2D eigenvalue weighted by Gasteiger charge is 2.26. The van der Waals surface area contributed by atoms with Crippen LogP contribution in [0.1, 0.15) is 10.4 Å². The average molecular weight is 589 g/mol. The molecule has 208 valence electrons. The number of rotatable bonds is 7. The van der Waals surface area contributed by atoms with Gasteiger partial charge in [-0.05, 0) is 35.7 Å². The molecule has 1 saturated heterocycles. The Labute approximate surface area is 239 Å². The molecule has 11 nitrogen and oxygen atoms in total. The summed E-state index contributed by atoms with van der Waals surface area (Å²) in [5, 5.41) is 9.38. The van der Waals surface area contributed by atoms with Crippen LogP contribution in [0.4, 0.5) is 5.82 Å². The van der Waals surface area contributed by atoms with Crippen LogP contribution in [0.2, 0.25) is 0 Å². The minimum absolute atomic E-state index is 0.0977. The number of ether oxygens (including phenoxy) is 1. The summed E-state index contributed by atoms with van der Waals surface area (Å²) in [7, 11) is -3.69. The van der Waals surface area contributed by atoms with Crippen LogP contribution < -0.4 is 10.9 Å². The quantitative estimate of drug-likeness (QED) is 0.296. The number of anilines is 1. The Kier molecular flexibility index (Phi) is 7.32. The lowest BCUT2D eigenvalue weighted by Crippen LogP contribution is -2.40. The molecule has 1 aliphatic heterocycles. The largest absolute Gasteiger partial charge is 0.379 e. The number of morpholine rings is 1. The predicted octanol–water partition coefficient (Wildman–Crippen LogP) is 3.62. The van der Waals surface area contributed by atoms with Gasteiger partial charge in [-0.15, -0.1) is 11.3 Å². The zero-order valence-electron chi connectivity index (χ0n) is 21.6. The molecule has 0 unspecified atom stereocenters. The minimum Gasteiger partial charge on any atom is -0.379 e. The van der Waals surface area contributed by atoms with Crippen molar-refractivity contribution in [3.05, 3.63) is 100 Å². The maximum atomic E-state index is 13.3. The number of aromatic amines is 1. The molecular formula is C28H24N6O5S2. The third-order valence-corrected chi connectivity index (χ3v) is 9.25. The van der Waals surface area contributed by atoms with Crippen molar-refractivity contribution in [2.24, 2.45) is 0 Å². The lowest BCUT2D eigenvalue weighted by molar-refractivity contribution is 0.0730. The molecule has 0 aliphatic carbocycles. The van der Waals surface area contributed by atoms with Crippen molar-refractivity contribution in [3.8, 4) is 27.8 Å². The Morgan fingerprint density at radius 3 is 2.41 bits per heavy atom. The highest BCUT2D eigenvalue weighted by atomic mass is 32.2. The van der Waals surface area contributed by atoms with Crippen molar-refractivity contribution in [1.29, 1.82) is 0 Å². The first-order valence-corrected chi connectivity index (χ1v) is 15.0. The SMILES string of the molecule is O=C(Nc1cc(-c2cccs2)nn1-c1nc(-c2ccccc2)cc(=O)[nH]1)c1ccc(S(=O)(=O)N2CCOCC2)cc1. The number of thiophene rings is 1. The first kappa shape index (κ1) is 26.8. The molecular weight excluding hydrogens is 564 g/mol. The molecule has 3 aromatic heterocycles. The summed E-state index contributed by atoms with van der Waals surface area (Å²) < 4.78 is 33.9. The van der Waals surface area contributed by atoms with Gasteiger partial charge in [0.1, 0.15) is 11.5 Å². The molecule has 1 amide bonds. The molecule has 6 rings (SSSR count). The van der Waals surface area contributed by atoms with Crippen molar-refractivity contribution in [2.45, 2.75) is 4.90 Å². The van der Waals surface area contributed by atoms with E-state index in [0.717, 1.165) is 10.4 Å². The molecule has 1 fully saturated rings. The molecule has 0 bridgehead atoms. The zero-order valence-corrected chi connectivity index (χ0v) is 23.2. The summed E-state index contributed by atoms with van der Waals surface area (Å²) >= 11 is 1.48. The fraction of sp³-hybridized carbons (Fsp3) is 0.143. The molecule has 4 heterocycles. The standard InChI is InChI=1S/C28H24N6O5S2/c35-26-18-22(19-5-2-1-3-6-19)29-28(31-26)34-25(17-23(32-34)24-7-4-16-40-24)30-27(36)20-8-10-21(11-9-20)41(37,38)33-12-14-39-15-13-33/h1-11,16-18H,12-15H2,(H,30,36)(H,29,31,35). The number of nitrogens with zero attached hydrogens (tertiary/aromatic N) is 4. The monoisotopic (exact) mass is 588 g/mol. The van der Waals surface area contributed by atoms with Gasteiger partial charge in [0.2, 0.25) is 16.0 Å². The van der Waals surface area contributed by atoms with Crippen LogP contribution in [0.3, 0.4) is 0 Å². The topological polar surface area (TPSA) is 139 Å². The van der Waals surface area contributed by atoms with E-state index in [0.29, 0.717) is 24.6 Å². The number of benzene rings is 2. The summed E-state index contributed by atoms with van der Waals surface area (Å²) in [6.45, 7) is 1.25.